The summed E-state index contributed by atoms with van der Waals surface area (Å²) in [5.74, 6) is 0. The van der Waals surface area contributed by atoms with E-state index in [1.54, 1.807) is 0 Å². The SMILES string of the molecule is CC(C)(C)OC(=O)N1CCN(C(C)(C)c2ccccc2)CC1[Si](C)(C)C. The molecule has 0 saturated carbocycles. The molecule has 1 fully saturated rings. The normalized spacial score (nSPS) is 20.2. The Kier molecular flexibility index (Phi) is 5.93. The average Bonchev–Trinajstić information content (AvgIpc) is 2.52. The molecule has 1 amide bonds. The molecule has 1 aliphatic heterocycles. The van der Waals surface area contributed by atoms with Gasteiger partial charge in [0.1, 0.15) is 5.60 Å². The number of ether oxygens (including phenoxy) is 1. The standard InChI is InChI=1S/C21H36N2O2Si/c1-20(2,3)25-19(24)23-15-14-22(16-18(23)26(6,7)8)21(4,5)17-12-10-9-11-13-17/h9-13,18H,14-16H2,1-8H3. The van der Waals surface area contributed by atoms with Crippen molar-refractivity contribution in [2.75, 3.05) is 19.6 Å². The zero-order valence-electron chi connectivity index (χ0n) is 17.8. The molecule has 146 valence electrons. The molecule has 1 aromatic carbocycles. The highest BCUT2D eigenvalue weighted by Gasteiger charge is 2.44. The fraction of sp³-hybridized carbons (Fsp3) is 0.667. The van der Waals surface area contributed by atoms with E-state index in [-0.39, 0.29) is 17.3 Å². The van der Waals surface area contributed by atoms with Crippen molar-refractivity contribution in [3.05, 3.63) is 35.9 Å². The van der Waals surface area contributed by atoms with Gasteiger partial charge in [-0.25, -0.2) is 4.79 Å². The lowest BCUT2D eigenvalue weighted by molar-refractivity contribution is -0.00733. The number of amides is 1. The van der Waals surface area contributed by atoms with Gasteiger partial charge in [-0.2, -0.15) is 0 Å². The monoisotopic (exact) mass is 376 g/mol. The van der Waals surface area contributed by atoms with Crippen LogP contribution in [-0.4, -0.2) is 54.9 Å². The minimum atomic E-state index is -1.60. The zero-order chi connectivity index (χ0) is 19.8. The third-order valence-electron chi connectivity index (χ3n) is 5.28. The molecular weight excluding hydrogens is 340 g/mol. The van der Waals surface area contributed by atoms with E-state index in [2.05, 4.69) is 68.7 Å². The van der Waals surface area contributed by atoms with Crippen LogP contribution < -0.4 is 0 Å². The summed E-state index contributed by atoms with van der Waals surface area (Å²) in [6.45, 7) is 19.9. The van der Waals surface area contributed by atoms with Crippen LogP contribution in [0.15, 0.2) is 30.3 Å². The van der Waals surface area contributed by atoms with Gasteiger partial charge in [-0.1, -0.05) is 50.0 Å². The summed E-state index contributed by atoms with van der Waals surface area (Å²) in [6.07, 6.45) is -0.165. The van der Waals surface area contributed by atoms with E-state index in [1.165, 1.54) is 5.56 Å². The minimum Gasteiger partial charge on any atom is -0.444 e. The third kappa shape index (κ3) is 4.89. The van der Waals surface area contributed by atoms with Gasteiger partial charge < -0.3 is 9.64 Å². The lowest BCUT2D eigenvalue weighted by Crippen LogP contribution is -2.66. The molecule has 1 aromatic rings. The highest BCUT2D eigenvalue weighted by atomic mass is 28.3. The number of hydrogen-bond acceptors (Lipinski definition) is 3. The maximum atomic E-state index is 12.8. The predicted molar refractivity (Wildman–Crippen MR) is 111 cm³/mol. The minimum absolute atomic E-state index is 0.0564. The van der Waals surface area contributed by atoms with E-state index in [4.69, 9.17) is 4.74 Å². The van der Waals surface area contributed by atoms with E-state index in [0.29, 0.717) is 0 Å². The summed E-state index contributed by atoms with van der Waals surface area (Å²) < 4.78 is 5.70. The van der Waals surface area contributed by atoms with Crippen LogP contribution in [0.1, 0.15) is 40.2 Å². The number of carbonyl (C=O) groups is 1. The van der Waals surface area contributed by atoms with E-state index >= 15 is 0 Å². The number of carbonyl (C=O) groups excluding carboxylic acids is 1. The first-order chi connectivity index (χ1) is 11.8. The van der Waals surface area contributed by atoms with Crippen molar-refractivity contribution in [2.45, 2.75) is 71.1 Å². The van der Waals surface area contributed by atoms with E-state index in [9.17, 15) is 4.79 Å². The molecule has 0 bridgehead atoms. The Bertz CT molecular complexity index is 617. The van der Waals surface area contributed by atoms with Crippen LogP contribution >= 0.6 is 0 Å². The van der Waals surface area contributed by atoms with Crippen LogP contribution in [0.4, 0.5) is 4.79 Å². The molecule has 1 saturated heterocycles. The predicted octanol–water partition coefficient (Wildman–Crippen LogP) is 4.72. The second-order valence-corrected chi connectivity index (χ2v) is 15.3. The number of piperazine rings is 1. The summed E-state index contributed by atoms with van der Waals surface area (Å²) in [7, 11) is -1.60. The lowest BCUT2D eigenvalue weighted by atomic mass is 9.91. The topological polar surface area (TPSA) is 32.8 Å². The van der Waals surface area contributed by atoms with Gasteiger partial charge in [0, 0.05) is 30.8 Å². The second-order valence-electron chi connectivity index (χ2n) is 9.93. The molecule has 0 N–H and O–H groups in total. The first-order valence-corrected chi connectivity index (χ1v) is 13.2. The summed E-state index contributed by atoms with van der Waals surface area (Å²) >= 11 is 0. The molecule has 0 radical (unpaired) electrons. The summed E-state index contributed by atoms with van der Waals surface area (Å²) in [4.78, 5) is 17.3. The molecule has 0 aromatic heterocycles. The fourth-order valence-corrected chi connectivity index (χ4v) is 5.54. The Morgan fingerprint density at radius 1 is 1.04 bits per heavy atom. The van der Waals surface area contributed by atoms with Gasteiger partial charge in [-0.3, -0.25) is 4.90 Å². The van der Waals surface area contributed by atoms with Crippen LogP contribution in [0.3, 0.4) is 0 Å². The van der Waals surface area contributed by atoms with Gasteiger partial charge in [-0.15, -0.1) is 0 Å². The van der Waals surface area contributed by atoms with Crippen molar-refractivity contribution in [3.8, 4) is 0 Å². The fourth-order valence-electron chi connectivity index (χ4n) is 3.60. The zero-order valence-corrected chi connectivity index (χ0v) is 18.8. The Morgan fingerprint density at radius 3 is 2.12 bits per heavy atom. The highest BCUT2D eigenvalue weighted by Crippen LogP contribution is 2.32. The van der Waals surface area contributed by atoms with Gasteiger partial charge in [0.15, 0.2) is 0 Å². The molecule has 4 nitrogen and oxygen atoms in total. The van der Waals surface area contributed by atoms with Crippen molar-refractivity contribution in [1.82, 2.24) is 9.80 Å². The van der Waals surface area contributed by atoms with Crippen molar-refractivity contribution in [2.24, 2.45) is 0 Å². The van der Waals surface area contributed by atoms with Crippen molar-refractivity contribution in [1.29, 1.82) is 0 Å². The molecule has 2 rings (SSSR count). The van der Waals surface area contributed by atoms with Gasteiger partial charge in [0.05, 0.1) is 8.07 Å². The molecule has 26 heavy (non-hydrogen) atoms. The van der Waals surface area contributed by atoms with Crippen molar-refractivity contribution >= 4 is 14.2 Å². The summed E-state index contributed by atoms with van der Waals surface area (Å²) in [5, 5.41) is 0. The summed E-state index contributed by atoms with van der Waals surface area (Å²) in [6, 6.07) is 10.7. The van der Waals surface area contributed by atoms with Gasteiger partial charge in [-0.05, 0) is 40.2 Å². The van der Waals surface area contributed by atoms with Crippen LogP contribution in [0.5, 0.6) is 0 Å². The Morgan fingerprint density at radius 2 is 1.62 bits per heavy atom. The molecule has 1 unspecified atom stereocenters. The smallest absolute Gasteiger partial charge is 0.410 e. The van der Waals surface area contributed by atoms with Crippen LogP contribution in [0.2, 0.25) is 19.6 Å². The number of rotatable bonds is 3. The Hall–Kier alpha value is -1.33. The van der Waals surface area contributed by atoms with E-state index < -0.39 is 13.7 Å². The number of hydrogen-bond donors (Lipinski definition) is 0. The molecule has 0 spiro atoms. The largest absolute Gasteiger partial charge is 0.444 e. The number of nitrogens with zero attached hydrogens (tertiary/aromatic N) is 2. The van der Waals surface area contributed by atoms with Gasteiger partial charge in [0.25, 0.3) is 0 Å². The van der Waals surface area contributed by atoms with Crippen molar-refractivity contribution < 1.29 is 9.53 Å². The van der Waals surface area contributed by atoms with Gasteiger partial charge >= 0.3 is 6.09 Å². The van der Waals surface area contributed by atoms with Crippen LogP contribution in [0.25, 0.3) is 0 Å². The molecule has 5 heteroatoms. The van der Waals surface area contributed by atoms with E-state index in [1.807, 2.05) is 25.7 Å². The van der Waals surface area contributed by atoms with E-state index in [0.717, 1.165) is 19.6 Å². The van der Waals surface area contributed by atoms with Gasteiger partial charge in [0.2, 0.25) is 0 Å². The first kappa shape index (κ1) is 21.0. The van der Waals surface area contributed by atoms with Crippen LogP contribution in [-0.2, 0) is 10.3 Å². The lowest BCUT2D eigenvalue weighted by Gasteiger charge is -2.51. The molecular formula is C21H36N2O2Si. The quantitative estimate of drug-likeness (QED) is 0.716. The Balaban J connectivity index is 2.24. The highest BCUT2D eigenvalue weighted by molar-refractivity contribution is 6.77. The maximum absolute atomic E-state index is 12.8. The molecule has 1 atom stereocenters. The third-order valence-corrected chi connectivity index (χ3v) is 7.77. The van der Waals surface area contributed by atoms with Crippen molar-refractivity contribution in [3.63, 3.8) is 0 Å². The van der Waals surface area contributed by atoms with Crippen LogP contribution in [0, 0.1) is 0 Å². The molecule has 1 heterocycles. The summed E-state index contributed by atoms with van der Waals surface area (Å²) in [5.41, 5.74) is 1.05. The first-order valence-electron chi connectivity index (χ1n) is 9.62. The Labute approximate surface area is 160 Å². The maximum Gasteiger partial charge on any atom is 0.410 e. The average molecular weight is 377 g/mol. The second kappa shape index (κ2) is 7.35. The molecule has 1 aliphatic rings. The number of benzene rings is 1. The molecule has 0 aliphatic carbocycles.